The SMILES string of the molecule is CC(C)CCNC(=O)C1CC1C(=O)Nc1ccc(F)c(Cl)c1. The first-order valence-electron chi connectivity index (χ1n) is 7.42. The second-order valence-electron chi connectivity index (χ2n) is 6.04. The molecule has 1 fully saturated rings. The molecule has 1 aromatic carbocycles. The predicted molar refractivity (Wildman–Crippen MR) is 84.1 cm³/mol. The van der Waals surface area contributed by atoms with Gasteiger partial charge in [0.25, 0.3) is 0 Å². The summed E-state index contributed by atoms with van der Waals surface area (Å²) in [4.78, 5) is 23.9. The Morgan fingerprint density at radius 2 is 2.00 bits per heavy atom. The van der Waals surface area contributed by atoms with Crippen molar-refractivity contribution in [2.75, 3.05) is 11.9 Å². The second-order valence-corrected chi connectivity index (χ2v) is 6.45. The number of carbonyl (C=O) groups excluding carboxylic acids is 2. The number of hydrogen-bond donors (Lipinski definition) is 2. The lowest BCUT2D eigenvalue weighted by molar-refractivity contribution is -0.125. The lowest BCUT2D eigenvalue weighted by Crippen LogP contribution is -2.28. The van der Waals surface area contributed by atoms with E-state index in [-0.39, 0.29) is 28.7 Å². The van der Waals surface area contributed by atoms with Crippen molar-refractivity contribution in [1.29, 1.82) is 0 Å². The van der Waals surface area contributed by atoms with Gasteiger partial charge in [-0.05, 0) is 37.0 Å². The minimum Gasteiger partial charge on any atom is -0.356 e. The highest BCUT2D eigenvalue weighted by molar-refractivity contribution is 6.31. The maximum Gasteiger partial charge on any atom is 0.228 e. The van der Waals surface area contributed by atoms with Crippen LogP contribution in [0.25, 0.3) is 0 Å². The fourth-order valence-corrected chi connectivity index (χ4v) is 2.38. The van der Waals surface area contributed by atoms with Gasteiger partial charge >= 0.3 is 0 Å². The number of rotatable bonds is 6. The van der Waals surface area contributed by atoms with Crippen LogP contribution in [0, 0.1) is 23.6 Å². The molecule has 1 aromatic rings. The van der Waals surface area contributed by atoms with E-state index in [2.05, 4.69) is 24.5 Å². The van der Waals surface area contributed by atoms with Crippen LogP contribution in [0.5, 0.6) is 0 Å². The van der Waals surface area contributed by atoms with Crippen molar-refractivity contribution < 1.29 is 14.0 Å². The van der Waals surface area contributed by atoms with Crippen LogP contribution in [0.3, 0.4) is 0 Å². The summed E-state index contributed by atoms with van der Waals surface area (Å²) in [5.41, 5.74) is 0.433. The number of amides is 2. The summed E-state index contributed by atoms with van der Waals surface area (Å²) in [6.45, 7) is 4.82. The molecule has 0 heterocycles. The Kier molecular flexibility index (Phi) is 5.40. The van der Waals surface area contributed by atoms with Crippen LogP contribution in [-0.4, -0.2) is 18.4 Å². The average molecular weight is 327 g/mol. The van der Waals surface area contributed by atoms with Crippen LogP contribution in [0.4, 0.5) is 10.1 Å². The number of carbonyl (C=O) groups is 2. The van der Waals surface area contributed by atoms with E-state index in [0.717, 1.165) is 6.42 Å². The van der Waals surface area contributed by atoms with Gasteiger partial charge < -0.3 is 10.6 Å². The first-order valence-corrected chi connectivity index (χ1v) is 7.80. The summed E-state index contributed by atoms with van der Waals surface area (Å²) in [5, 5.41) is 5.47. The highest BCUT2D eigenvalue weighted by Gasteiger charge is 2.47. The molecule has 0 aromatic heterocycles. The van der Waals surface area contributed by atoms with Gasteiger partial charge in [0, 0.05) is 12.2 Å². The average Bonchev–Trinajstić information content (AvgIpc) is 3.23. The smallest absolute Gasteiger partial charge is 0.228 e. The number of hydrogen-bond acceptors (Lipinski definition) is 2. The molecular formula is C16H20ClFN2O2. The van der Waals surface area contributed by atoms with E-state index in [9.17, 15) is 14.0 Å². The van der Waals surface area contributed by atoms with Crippen molar-refractivity contribution in [2.24, 2.45) is 17.8 Å². The third-order valence-electron chi connectivity index (χ3n) is 3.67. The number of anilines is 1. The zero-order valence-electron chi connectivity index (χ0n) is 12.7. The number of benzene rings is 1. The largest absolute Gasteiger partial charge is 0.356 e. The standard InChI is InChI=1S/C16H20ClFN2O2/c1-9(2)5-6-19-15(21)11-8-12(11)16(22)20-10-3-4-14(18)13(17)7-10/h3-4,7,9,11-12H,5-6,8H2,1-2H3,(H,19,21)(H,20,22). The zero-order chi connectivity index (χ0) is 16.3. The molecule has 2 N–H and O–H groups in total. The van der Waals surface area contributed by atoms with Crippen molar-refractivity contribution in [3.63, 3.8) is 0 Å². The molecule has 6 heteroatoms. The Morgan fingerprint density at radius 3 is 2.64 bits per heavy atom. The van der Waals surface area contributed by atoms with E-state index in [1.807, 2.05) is 0 Å². The van der Waals surface area contributed by atoms with Crippen LogP contribution in [-0.2, 0) is 9.59 Å². The van der Waals surface area contributed by atoms with Crippen molar-refractivity contribution in [2.45, 2.75) is 26.7 Å². The minimum absolute atomic E-state index is 0.0448. The molecular weight excluding hydrogens is 307 g/mol. The summed E-state index contributed by atoms with van der Waals surface area (Å²) in [5.74, 6) is -0.883. The molecule has 2 unspecified atom stereocenters. The molecule has 1 aliphatic carbocycles. The Bertz CT molecular complexity index is 577. The molecule has 0 saturated heterocycles. The molecule has 120 valence electrons. The quantitative estimate of drug-likeness (QED) is 0.843. The van der Waals surface area contributed by atoms with Gasteiger partial charge in [-0.25, -0.2) is 4.39 Å². The lowest BCUT2D eigenvalue weighted by Gasteiger charge is -2.08. The Labute approximate surface area is 134 Å². The van der Waals surface area contributed by atoms with Gasteiger partial charge in [0.15, 0.2) is 0 Å². The first-order chi connectivity index (χ1) is 10.4. The van der Waals surface area contributed by atoms with Crippen molar-refractivity contribution in [3.8, 4) is 0 Å². The maximum atomic E-state index is 13.1. The Morgan fingerprint density at radius 1 is 1.32 bits per heavy atom. The molecule has 0 aliphatic heterocycles. The Balaban J connectivity index is 1.80. The van der Waals surface area contributed by atoms with Gasteiger partial charge in [-0.15, -0.1) is 0 Å². The molecule has 22 heavy (non-hydrogen) atoms. The molecule has 0 bridgehead atoms. The second kappa shape index (κ2) is 7.09. The van der Waals surface area contributed by atoms with Gasteiger partial charge in [-0.3, -0.25) is 9.59 Å². The van der Waals surface area contributed by atoms with E-state index < -0.39 is 5.82 Å². The van der Waals surface area contributed by atoms with Crippen LogP contribution in [0.15, 0.2) is 18.2 Å². The molecule has 2 atom stereocenters. The number of nitrogens with one attached hydrogen (secondary N) is 2. The summed E-state index contributed by atoms with van der Waals surface area (Å²) < 4.78 is 13.1. The molecule has 2 rings (SSSR count). The topological polar surface area (TPSA) is 58.2 Å². The first kappa shape index (κ1) is 16.7. The molecule has 4 nitrogen and oxygen atoms in total. The van der Waals surface area contributed by atoms with E-state index in [0.29, 0.717) is 24.6 Å². The van der Waals surface area contributed by atoms with Gasteiger partial charge in [-0.2, -0.15) is 0 Å². The van der Waals surface area contributed by atoms with Crippen molar-refractivity contribution in [3.05, 3.63) is 29.0 Å². The van der Waals surface area contributed by atoms with Crippen LogP contribution in [0.2, 0.25) is 5.02 Å². The monoisotopic (exact) mass is 326 g/mol. The lowest BCUT2D eigenvalue weighted by atomic mass is 10.1. The summed E-state index contributed by atoms with van der Waals surface area (Å²) in [7, 11) is 0. The normalized spacial score (nSPS) is 19.9. The highest BCUT2D eigenvalue weighted by atomic mass is 35.5. The third-order valence-corrected chi connectivity index (χ3v) is 3.96. The maximum absolute atomic E-state index is 13.1. The van der Waals surface area contributed by atoms with Crippen LogP contribution >= 0.6 is 11.6 Å². The molecule has 0 radical (unpaired) electrons. The van der Waals surface area contributed by atoms with Crippen LogP contribution in [0.1, 0.15) is 26.7 Å². The third kappa shape index (κ3) is 4.44. The Hall–Kier alpha value is -1.62. The van der Waals surface area contributed by atoms with Crippen molar-refractivity contribution >= 4 is 29.1 Å². The van der Waals surface area contributed by atoms with Gasteiger partial charge in [-0.1, -0.05) is 25.4 Å². The van der Waals surface area contributed by atoms with Crippen LogP contribution < -0.4 is 10.6 Å². The summed E-state index contributed by atoms with van der Waals surface area (Å²) in [6.07, 6.45) is 1.47. The minimum atomic E-state index is -0.534. The summed E-state index contributed by atoms with van der Waals surface area (Å²) in [6, 6.07) is 4.00. The molecule has 1 saturated carbocycles. The van der Waals surface area contributed by atoms with E-state index >= 15 is 0 Å². The van der Waals surface area contributed by atoms with E-state index in [1.54, 1.807) is 0 Å². The summed E-state index contributed by atoms with van der Waals surface area (Å²) >= 11 is 5.66. The number of halogens is 2. The van der Waals surface area contributed by atoms with Gasteiger partial charge in [0.05, 0.1) is 16.9 Å². The molecule has 0 spiro atoms. The highest BCUT2D eigenvalue weighted by Crippen LogP contribution is 2.39. The van der Waals surface area contributed by atoms with E-state index in [4.69, 9.17) is 11.6 Å². The van der Waals surface area contributed by atoms with Crippen molar-refractivity contribution in [1.82, 2.24) is 5.32 Å². The fourth-order valence-electron chi connectivity index (χ4n) is 2.20. The predicted octanol–water partition coefficient (Wildman–Crippen LogP) is 3.22. The fraction of sp³-hybridized carbons (Fsp3) is 0.500. The molecule has 1 aliphatic rings. The van der Waals surface area contributed by atoms with Gasteiger partial charge in [0.2, 0.25) is 11.8 Å². The zero-order valence-corrected chi connectivity index (χ0v) is 13.4. The molecule has 2 amide bonds. The van der Waals surface area contributed by atoms with Gasteiger partial charge in [0.1, 0.15) is 5.82 Å². The van der Waals surface area contributed by atoms with E-state index in [1.165, 1.54) is 18.2 Å².